The van der Waals surface area contributed by atoms with Crippen molar-refractivity contribution in [2.75, 3.05) is 17.2 Å². The van der Waals surface area contributed by atoms with E-state index in [1.165, 1.54) is 5.56 Å². The van der Waals surface area contributed by atoms with E-state index in [9.17, 15) is 0 Å². The zero-order valence-electron chi connectivity index (χ0n) is 14.5. The van der Waals surface area contributed by atoms with E-state index in [2.05, 4.69) is 51.2 Å². The SMILES string of the molecule is Cc1ccc(Sc2cc(N3Cc4cnn(CCO)c4C3)nc(N)n2)cc1. The van der Waals surface area contributed by atoms with E-state index >= 15 is 0 Å². The molecule has 0 saturated carbocycles. The summed E-state index contributed by atoms with van der Waals surface area (Å²) in [6.45, 7) is 4.07. The first-order chi connectivity index (χ1) is 12.6. The number of nitrogens with zero attached hydrogens (tertiary/aromatic N) is 5. The van der Waals surface area contributed by atoms with Crippen LogP contribution in [0.3, 0.4) is 0 Å². The van der Waals surface area contributed by atoms with Crippen LogP contribution < -0.4 is 10.6 Å². The molecule has 2 aromatic heterocycles. The van der Waals surface area contributed by atoms with Crippen molar-refractivity contribution >= 4 is 23.5 Å². The molecule has 26 heavy (non-hydrogen) atoms. The van der Waals surface area contributed by atoms with Gasteiger partial charge in [0.2, 0.25) is 5.95 Å². The van der Waals surface area contributed by atoms with E-state index in [4.69, 9.17) is 10.8 Å². The Hall–Kier alpha value is -2.58. The van der Waals surface area contributed by atoms with Gasteiger partial charge in [0.05, 0.1) is 31.6 Å². The Balaban J connectivity index is 1.56. The number of anilines is 2. The van der Waals surface area contributed by atoms with E-state index < -0.39 is 0 Å². The maximum atomic E-state index is 9.17. The monoisotopic (exact) mass is 368 g/mol. The Labute approximate surface area is 155 Å². The predicted molar refractivity (Wildman–Crippen MR) is 101 cm³/mol. The van der Waals surface area contributed by atoms with Crippen LogP contribution in [0, 0.1) is 6.92 Å². The molecule has 8 heteroatoms. The maximum Gasteiger partial charge on any atom is 0.223 e. The number of aliphatic hydroxyl groups is 1. The summed E-state index contributed by atoms with van der Waals surface area (Å²) < 4.78 is 1.85. The van der Waals surface area contributed by atoms with Crippen LogP contribution in [0.15, 0.2) is 46.5 Å². The number of nitrogen functional groups attached to an aromatic ring is 1. The van der Waals surface area contributed by atoms with Crippen molar-refractivity contribution in [2.24, 2.45) is 0 Å². The van der Waals surface area contributed by atoms with Crippen molar-refractivity contribution in [2.45, 2.75) is 36.5 Å². The third-order valence-electron chi connectivity index (χ3n) is 4.32. The molecule has 0 fully saturated rings. The number of benzene rings is 1. The van der Waals surface area contributed by atoms with Crippen molar-refractivity contribution in [3.05, 3.63) is 53.3 Å². The van der Waals surface area contributed by atoms with Gasteiger partial charge in [0.1, 0.15) is 10.8 Å². The minimum atomic E-state index is 0.0753. The highest BCUT2D eigenvalue weighted by Gasteiger charge is 2.25. The van der Waals surface area contributed by atoms with Gasteiger partial charge in [0, 0.05) is 23.1 Å². The summed E-state index contributed by atoms with van der Waals surface area (Å²) in [6.07, 6.45) is 1.86. The lowest BCUT2D eigenvalue weighted by Gasteiger charge is -2.18. The molecule has 3 aromatic rings. The van der Waals surface area contributed by atoms with E-state index in [-0.39, 0.29) is 12.6 Å². The van der Waals surface area contributed by atoms with Crippen LogP contribution in [0.5, 0.6) is 0 Å². The lowest BCUT2D eigenvalue weighted by Crippen LogP contribution is -2.19. The molecule has 4 rings (SSSR count). The molecule has 134 valence electrons. The number of hydrogen-bond acceptors (Lipinski definition) is 7. The Morgan fingerprint density at radius 1 is 1.19 bits per heavy atom. The zero-order chi connectivity index (χ0) is 18.1. The van der Waals surface area contributed by atoms with E-state index in [1.54, 1.807) is 11.8 Å². The Morgan fingerprint density at radius 2 is 2.00 bits per heavy atom. The first-order valence-electron chi connectivity index (χ1n) is 8.41. The van der Waals surface area contributed by atoms with Crippen LogP contribution >= 0.6 is 11.8 Å². The van der Waals surface area contributed by atoms with Crippen LogP contribution in [-0.4, -0.2) is 31.5 Å². The summed E-state index contributed by atoms with van der Waals surface area (Å²) >= 11 is 1.57. The van der Waals surface area contributed by atoms with Gasteiger partial charge in [-0.05, 0) is 19.1 Å². The van der Waals surface area contributed by atoms with Crippen molar-refractivity contribution in [3.63, 3.8) is 0 Å². The predicted octanol–water partition coefficient (Wildman–Crippen LogP) is 2.23. The largest absolute Gasteiger partial charge is 0.394 e. The van der Waals surface area contributed by atoms with Gasteiger partial charge in [-0.3, -0.25) is 4.68 Å². The molecule has 7 nitrogen and oxygen atoms in total. The second-order valence-electron chi connectivity index (χ2n) is 6.26. The van der Waals surface area contributed by atoms with Crippen molar-refractivity contribution < 1.29 is 5.11 Å². The maximum absolute atomic E-state index is 9.17. The van der Waals surface area contributed by atoms with Gasteiger partial charge >= 0.3 is 0 Å². The second-order valence-corrected chi connectivity index (χ2v) is 7.35. The van der Waals surface area contributed by atoms with Crippen LogP contribution in [-0.2, 0) is 19.6 Å². The van der Waals surface area contributed by atoms with Crippen molar-refractivity contribution in [1.82, 2.24) is 19.7 Å². The van der Waals surface area contributed by atoms with Crippen molar-refractivity contribution in [3.8, 4) is 0 Å². The number of nitrogens with two attached hydrogens (primary N) is 1. The van der Waals surface area contributed by atoms with E-state index in [0.717, 1.165) is 33.5 Å². The lowest BCUT2D eigenvalue weighted by molar-refractivity contribution is 0.267. The smallest absolute Gasteiger partial charge is 0.223 e. The summed E-state index contributed by atoms with van der Waals surface area (Å²) in [4.78, 5) is 12.0. The fourth-order valence-corrected chi connectivity index (χ4v) is 3.85. The molecule has 0 bridgehead atoms. The van der Waals surface area contributed by atoms with Gasteiger partial charge in [-0.15, -0.1) is 0 Å². The summed E-state index contributed by atoms with van der Waals surface area (Å²) in [5.74, 6) is 1.07. The molecule has 3 N–H and O–H groups in total. The molecule has 1 aromatic carbocycles. The number of aromatic nitrogens is 4. The molecule has 0 aliphatic carbocycles. The van der Waals surface area contributed by atoms with Crippen LogP contribution in [0.1, 0.15) is 16.8 Å². The summed E-state index contributed by atoms with van der Waals surface area (Å²) in [5, 5.41) is 14.3. The standard InChI is InChI=1S/C18H20N6OS/c1-12-2-4-14(5-3-12)26-17-8-16(21-18(19)22-17)23-10-13-9-20-24(6-7-25)15(13)11-23/h2-5,8-9,25H,6-7,10-11H2,1H3,(H2,19,21,22). The highest BCUT2D eigenvalue weighted by atomic mass is 32.2. The number of aryl methyl sites for hydroxylation is 1. The Bertz CT molecular complexity index is 924. The number of fused-ring (bicyclic) bond motifs is 1. The molecular formula is C18H20N6OS. The third kappa shape index (κ3) is 3.38. The molecule has 0 unspecified atom stereocenters. The number of hydrogen-bond donors (Lipinski definition) is 2. The fourth-order valence-electron chi connectivity index (χ4n) is 3.03. The summed E-state index contributed by atoms with van der Waals surface area (Å²) in [5.41, 5.74) is 9.45. The molecule has 1 aliphatic heterocycles. The topological polar surface area (TPSA) is 93.1 Å². The Kier molecular flexibility index (Phi) is 4.52. The average Bonchev–Trinajstić information content (AvgIpc) is 3.19. The van der Waals surface area contributed by atoms with E-state index in [1.807, 2.05) is 16.9 Å². The van der Waals surface area contributed by atoms with Gasteiger partial charge in [0.15, 0.2) is 0 Å². The fraction of sp³-hybridized carbons (Fsp3) is 0.278. The molecule has 0 spiro atoms. The molecule has 0 amide bonds. The van der Waals surface area contributed by atoms with Crippen LogP contribution in [0.25, 0.3) is 0 Å². The minimum absolute atomic E-state index is 0.0753. The molecule has 0 saturated heterocycles. The van der Waals surface area contributed by atoms with Crippen LogP contribution in [0.4, 0.5) is 11.8 Å². The zero-order valence-corrected chi connectivity index (χ0v) is 15.3. The molecule has 1 aliphatic rings. The minimum Gasteiger partial charge on any atom is -0.394 e. The quantitative estimate of drug-likeness (QED) is 0.667. The van der Waals surface area contributed by atoms with Gasteiger partial charge in [0.25, 0.3) is 0 Å². The highest BCUT2D eigenvalue weighted by Crippen LogP contribution is 2.32. The number of rotatable bonds is 5. The second kappa shape index (κ2) is 6.97. The van der Waals surface area contributed by atoms with Gasteiger partial charge in [-0.1, -0.05) is 29.5 Å². The normalized spacial score (nSPS) is 13.2. The van der Waals surface area contributed by atoms with Crippen LogP contribution in [0.2, 0.25) is 0 Å². The number of aliphatic hydroxyl groups excluding tert-OH is 1. The molecular weight excluding hydrogens is 348 g/mol. The van der Waals surface area contributed by atoms with Crippen molar-refractivity contribution in [1.29, 1.82) is 0 Å². The van der Waals surface area contributed by atoms with Gasteiger partial charge in [-0.25, -0.2) is 4.98 Å². The molecule has 0 atom stereocenters. The first-order valence-corrected chi connectivity index (χ1v) is 9.22. The lowest BCUT2D eigenvalue weighted by atomic mass is 10.2. The molecule has 0 radical (unpaired) electrons. The Morgan fingerprint density at radius 3 is 2.77 bits per heavy atom. The van der Waals surface area contributed by atoms with Gasteiger partial charge in [-0.2, -0.15) is 10.1 Å². The van der Waals surface area contributed by atoms with Gasteiger partial charge < -0.3 is 15.7 Å². The summed E-state index contributed by atoms with van der Waals surface area (Å²) in [6, 6.07) is 10.3. The molecule has 3 heterocycles. The third-order valence-corrected chi connectivity index (χ3v) is 5.25. The highest BCUT2D eigenvalue weighted by molar-refractivity contribution is 7.99. The average molecular weight is 368 g/mol. The first kappa shape index (κ1) is 16.9. The summed E-state index contributed by atoms with van der Waals surface area (Å²) in [7, 11) is 0. The van der Waals surface area contributed by atoms with E-state index in [0.29, 0.717) is 13.1 Å².